The number of β-amino-alcohol motifs (C(OH)–C–C–N with tert-alkyl or cyclic N) is 1. The number of anilines is 1. The molecule has 2 heterocycles. The quantitative estimate of drug-likeness (QED) is 0.818. The molecule has 12 heavy (non-hydrogen) atoms. The lowest BCUT2D eigenvalue weighted by atomic mass is 10.3. The molecule has 1 aromatic heterocycles. The second-order valence-corrected chi connectivity index (χ2v) is 5.22. The van der Waals surface area contributed by atoms with Gasteiger partial charge in [-0.2, -0.15) is 0 Å². The lowest BCUT2D eigenvalue weighted by Crippen LogP contribution is -2.20. The molecule has 1 fully saturated rings. The topological polar surface area (TPSA) is 36.4 Å². The van der Waals surface area contributed by atoms with Crippen molar-refractivity contribution >= 4 is 32.4 Å². The zero-order valence-electron chi connectivity index (χ0n) is 6.40. The number of rotatable bonds is 1. The number of hydrogen-bond acceptors (Lipinski definition) is 4. The SMILES string of the molecule is O[C@H]1CCN(c2ncc(Br)s2)C1. The summed E-state index contributed by atoms with van der Waals surface area (Å²) in [5.74, 6) is 0. The zero-order chi connectivity index (χ0) is 8.55. The highest BCUT2D eigenvalue weighted by molar-refractivity contribution is 9.11. The normalized spacial score (nSPS) is 23.5. The summed E-state index contributed by atoms with van der Waals surface area (Å²) in [7, 11) is 0. The van der Waals surface area contributed by atoms with E-state index in [4.69, 9.17) is 0 Å². The predicted molar refractivity (Wildman–Crippen MR) is 52.7 cm³/mol. The molecule has 0 saturated carbocycles. The fourth-order valence-electron chi connectivity index (χ4n) is 1.31. The van der Waals surface area contributed by atoms with Gasteiger partial charge in [-0.3, -0.25) is 0 Å². The third-order valence-corrected chi connectivity index (χ3v) is 3.44. The van der Waals surface area contributed by atoms with E-state index in [0.717, 1.165) is 28.4 Å². The van der Waals surface area contributed by atoms with E-state index in [1.807, 2.05) is 0 Å². The number of halogens is 1. The Hall–Kier alpha value is -0.130. The van der Waals surface area contributed by atoms with Crippen LogP contribution in [0.4, 0.5) is 5.13 Å². The van der Waals surface area contributed by atoms with E-state index < -0.39 is 0 Å². The molecule has 0 aliphatic carbocycles. The maximum Gasteiger partial charge on any atom is 0.186 e. The Kier molecular flexibility index (Phi) is 2.34. The molecule has 5 heteroatoms. The van der Waals surface area contributed by atoms with E-state index in [2.05, 4.69) is 25.8 Å². The average Bonchev–Trinajstić information content (AvgIpc) is 2.58. The van der Waals surface area contributed by atoms with E-state index in [0.29, 0.717) is 0 Å². The molecule has 0 bridgehead atoms. The van der Waals surface area contributed by atoms with Crippen LogP contribution in [0.1, 0.15) is 6.42 Å². The lowest BCUT2D eigenvalue weighted by Gasteiger charge is -2.12. The number of hydrogen-bond donors (Lipinski definition) is 1. The number of aliphatic hydroxyl groups excluding tert-OH is 1. The molecule has 1 aliphatic heterocycles. The second kappa shape index (κ2) is 3.32. The summed E-state index contributed by atoms with van der Waals surface area (Å²) in [5, 5.41) is 10.3. The van der Waals surface area contributed by atoms with Crippen LogP contribution in [0.5, 0.6) is 0 Å². The third-order valence-electron chi connectivity index (χ3n) is 1.90. The van der Waals surface area contributed by atoms with Crippen molar-refractivity contribution in [2.75, 3.05) is 18.0 Å². The molecule has 1 saturated heterocycles. The molecule has 1 N–H and O–H groups in total. The highest BCUT2D eigenvalue weighted by Crippen LogP contribution is 2.28. The number of nitrogens with zero attached hydrogens (tertiary/aromatic N) is 2. The predicted octanol–water partition coefficient (Wildman–Crippen LogP) is 1.48. The number of thiazole rings is 1. The van der Waals surface area contributed by atoms with Crippen LogP contribution in [0.3, 0.4) is 0 Å². The van der Waals surface area contributed by atoms with Crippen LogP contribution in [-0.2, 0) is 0 Å². The van der Waals surface area contributed by atoms with Gasteiger partial charge in [0, 0.05) is 13.1 Å². The Morgan fingerprint density at radius 1 is 1.75 bits per heavy atom. The van der Waals surface area contributed by atoms with Gasteiger partial charge in [-0.1, -0.05) is 11.3 Å². The summed E-state index contributed by atoms with van der Waals surface area (Å²) in [6.45, 7) is 1.64. The van der Waals surface area contributed by atoms with E-state index >= 15 is 0 Å². The fourth-order valence-corrected chi connectivity index (χ4v) is 2.52. The summed E-state index contributed by atoms with van der Waals surface area (Å²) < 4.78 is 1.04. The van der Waals surface area contributed by atoms with Gasteiger partial charge in [0.1, 0.15) is 0 Å². The van der Waals surface area contributed by atoms with Gasteiger partial charge in [-0.25, -0.2) is 4.98 Å². The van der Waals surface area contributed by atoms with Crippen LogP contribution in [0.2, 0.25) is 0 Å². The summed E-state index contributed by atoms with van der Waals surface area (Å²) >= 11 is 4.97. The smallest absolute Gasteiger partial charge is 0.186 e. The molecule has 0 aromatic carbocycles. The van der Waals surface area contributed by atoms with Crippen LogP contribution in [0, 0.1) is 0 Å². The van der Waals surface area contributed by atoms with Crippen molar-refractivity contribution in [2.45, 2.75) is 12.5 Å². The van der Waals surface area contributed by atoms with Gasteiger partial charge < -0.3 is 10.0 Å². The molecule has 0 amide bonds. The third kappa shape index (κ3) is 1.62. The van der Waals surface area contributed by atoms with Crippen molar-refractivity contribution in [3.8, 4) is 0 Å². The summed E-state index contributed by atoms with van der Waals surface area (Å²) in [5.41, 5.74) is 0. The van der Waals surface area contributed by atoms with Gasteiger partial charge in [0.15, 0.2) is 5.13 Å². The number of aromatic nitrogens is 1. The zero-order valence-corrected chi connectivity index (χ0v) is 8.81. The van der Waals surface area contributed by atoms with Crippen LogP contribution in [0.15, 0.2) is 9.98 Å². The monoisotopic (exact) mass is 248 g/mol. The first-order chi connectivity index (χ1) is 5.75. The molecule has 2 rings (SSSR count). The molecule has 66 valence electrons. The molecule has 0 unspecified atom stereocenters. The summed E-state index contributed by atoms with van der Waals surface area (Å²) in [6.07, 6.45) is 2.48. The highest BCUT2D eigenvalue weighted by Gasteiger charge is 2.22. The van der Waals surface area contributed by atoms with Crippen LogP contribution in [0.25, 0.3) is 0 Å². The summed E-state index contributed by atoms with van der Waals surface area (Å²) in [4.78, 5) is 6.33. The average molecular weight is 249 g/mol. The Morgan fingerprint density at radius 3 is 3.08 bits per heavy atom. The largest absolute Gasteiger partial charge is 0.391 e. The first kappa shape index (κ1) is 8.47. The Bertz CT molecular complexity index is 278. The molecule has 0 spiro atoms. The minimum absolute atomic E-state index is 0.173. The molecule has 1 aliphatic rings. The van der Waals surface area contributed by atoms with Crippen LogP contribution >= 0.6 is 27.3 Å². The van der Waals surface area contributed by atoms with Crippen molar-refractivity contribution in [3.63, 3.8) is 0 Å². The van der Waals surface area contributed by atoms with Gasteiger partial charge in [0.05, 0.1) is 16.1 Å². The molecule has 1 atom stereocenters. The maximum atomic E-state index is 9.29. The molecule has 0 radical (unpaired) electrons. The highest BCUT2D eigenvalue weighted by atomic mass is 79.9. The van der Waals surface area contributed by atoms with Crippen molar-refractivity contribution < 1.29 is 5.11 Å². The maximum absolute atomic E-state index is 9.29. The minimum Gasteiger partial charge on any atom is -0.391 e. The van der Waals surface area contributed by atoms with Gasteiger partial charge in [0.25, 0.3) is 0 Å². The molecular formula is C7H9BrN2OS. The Labute approximate surface area is 83.2 Å². The van der Waals surface area contributed by atoms with E-state index in [-0.39, 0.29) is 6.10 Å². The molecular weight excluding hydrogens is 240 g/mol. The first-order valence-electron chi connectivity index (χ1n) is 3.80. The van der Waals surface area contributed by atoms with Gasteiger partial charge in [0.2, 0.25) is 0 Å². The van der Waals surface area contributed by atoms with Crippen LogP contribution in [-0.4, -0.2) is 29.3 Å². The van der Waals surface area contributed by atoms with Gasteiger partial charge >= 0.3 is 0 Å². The first-order valence-corrected chi connectivity index (χ1v) is 5.41. The molecule has 1 aromatic rings. The molecule has 3 nitrogen and oxygen atoms in total. The van der Waals surface area contributed by atoms with E-state index in [1.54, 1.807) is 17.5 Å². The van der Waals surface area contributed by atoms with Gasteiger partial charge in [-0.15, -0.1) is 0 Å². The van der Waals surface area contributed by atoms with Crippen molar-refractivity contribution in [3.05, 3.63) is 9.98 Å². The Morgan fingerprint density at radius 2 is 2.58 bits per heavy atom. The fraction of sp³-hybridized carbons (Fsp3) is 0.571. The van der Waals surface area contributed by atoms with Crippen molar-refractivity contribution in [2.24, 2.45) is 0 Å². The van der Waals surface area contributed by atoms with Gasteiger partial charge in [-0.05, 0) is 22.4 Å². The lowest BCUT2D eigenvalue weighted by molar-refractivity contribution is 0.198. The minimum atomic E-state index is -0.173. The summed E-state index contributed by atoms with van der Waals surface area (Å²) in [6, 6.07) is 0. The van der Waals surface area contributed by atoms with Crippen molar-refractivity contribution in [1.82, 2.24) is 4.98 Å². The van der Waals surface area contributed by atoms with E-state index in [1.165, 1.54) is 0 Å². The Balaban J connectivity index is 2.11. The van der Waals surface area contributed by atoms with E-state index in [9.17, 15) is 5.11 Å². The van der Waals surface area contributed by atoms with Crippen LogP contribution < -0.4 is 4.90 Å². The standard InChI is InChI=1S/C7H9BrN2OS/c8-6-3-9-7(12-6)10-2-1-5(11)4-10/h3,5,11H,1-2,4H2/t5-/m0/s1. The van der Waals surface area contributed by atoms with Crippen molar-refractivity contribution in [1.29, 1.82) is 0 Å². The second-order valence-electron chi connectivity index (χ2n) is 2.84. The number of aliphatic hydroxyl groups is 1.